The Labute approximate surface area is 228 Å². The lowest BCUT2D eigenvalue weighted by Gasteiger charge is -2.34. The molecule has 11 heteroatoms. The van der Waals surface area contributed by atoms with Gasteiger partial charge in [-0.1, -0.05) is 6.07 Å². The molecule has 0 radical (unpaired) electrons. The van der Waals surface area contributed by atoms with Gasteiger partial charge < -0.3 is 43.7 Å². The molecule has 1 aliphatic heterocycles. The Kier molecular flexibility index (Phi) is 9.72. The second-order valence-electron chi connectivity index (χ2n) is 9.40. The molecule has 0 aliphatic carbocycles. The van der Waals surface area contributed by atoms with Crippen LogP contribution in [-0.2, 0) is 17.6 Å². The van der Waals surface area contributed by atoms with Gasteiger partial charge in [-0.2, -0.15) is 0 Å². The van der Waals surface area contributed by atoms with Gasteiger partial charge in [-0.15, -0.1) is 4.73 Å². The number of carbonyl (C=O) groups is 1. The summed E-state index contributed by atoms with van der Waals surface area (Å²) in [4.78, 5) is 17.1. The summed E-state index contributed by atoms with van der Waals surface area (Å²) < 4.78 is 28.1. The van der Waals surface area contributed by atoms with Gasteiger partial charge in [0, 0.05) is 64.4 Å². The minimum atomic E-state index is -0.0341. The van der Waals surface area contributed by atoms with Crippen molar-refractivity contribution in [1.82, 2.24) is 15.1 Å². The van der Waals surface area contributed by atoms with Gasteiger partial charge in [-0.05, 0) is 24.1 Å². The molecule has 3 aromatic rings. The maximum atomic E-state index is 12.4. The third kappa shape index (κ3) is 6.85. The Bertz CT molecular complexity index is 1250. The van der Waals surface area contributed by atoms with Gasteiger partial charge in [-0.25, -0.2) is 0 Å². The highest BCUT2D eigenvalue weighted by Crippen LogP contribution is 2.39. The molecule has 2 aromatic carbocycles. The third-order valence-corrected chi connectivity index (χ3v) is 7.10. The smallest absolute Gasteiger partial charge is 0.361 e. The van der Waals surface area contributed by atoms with Crippen LogP contribution >= 0.6 is 0 Å². The molecule has 1 saturated heterocycles. The number of amides is 1. The Morgan fingerprint density at radius 3 is 2.31 bits per heavy atom. The highest BCUT2D eigenvalue weighted by atomic mass is 16.5. The average molecular weight is 543 g/mol. The maximum absolute atomic E-state index is 12.4. The van der Waals surface area contributed by atoms with E-state index >= 15 is 0 Å². The number of hydrogen-bond acceptors (Lipinski definition) is 9. The van der Waals surface area contributed by atoms with Crippen molar-refractivity contribution in [1.29, 1.82) is 0 Å². The fourth-order valence-corrected chi connectivity index (χ4v) is 4.86. The van der Waals surface area contributed by atoms with E-state index in [4.69, 9.17) is 23.4 Å². The van der Waals surface area contributed by atoms with E-state index in [2.05, 4.69) is 15.1 Å². The number of nitrogens with zero attached hydrogens (tertiary/aromatic N) is 3. The van der Waals surface area contributed by atoms with Gasteiger partial charge in [0.15, 0.2) is 11.5 Å². The van der Waals surface area contributed by atoms with E-state index in [9.17, 15) is 10.0 Å². The summed E-state index contributed by atoms with van der Waals surface area (Å²) in [5.41, 5.74) is 1.99. The van der Waals surface area contributed by atoms with Crippen LogP contribution in [0, 0.1) is 5.21 Å². The minimum absolute atomic E-state index is 0.0341. The number of nitrogens with one attached hydrogen (secondary N) is 1. The lowest BCUT2D eigenvalue weighted by Crippen LogP contribution is -2.47. The number of ether oxygens (including phenoxy) is 4. The van der Waals surface area contributed by atoms with Crippen LogP contribution in [0.15, 0.2) is 34.7 Å². The van der Waals surface area contributed by atoms with Crippen LogP contribution in [0.5, 0.6) is 23.0 Å². The van der Waals surface area contributed by atoms with Gasteiger partial charge in [0.05, 0.1) is 34.9 Å². The van der Waals surface area contributed by atoms with Crippen LogP contribution in [0.4, 0.5) is 0 Å². The second-order valence-corrected chi connectivity index (χ2v) is 9.40. The molecule has 1 fully saturated rings. The molecular formula is C28H38N4O7. The first kappa shape index (κ1) is 28.3. The number of methoxy groups -OCH3 is 4. The molecule has 0 saturated carbocycles. The van der Waals surface area contributed by atoms with Crippen molar-refractivity contribution in [3.05, 3.63) is 47.0 Å². The monoisotopic (exact) mass is 542 g/mol. The summed E-state index contributed by atoms with van der Waals surface area (Å²) in [5, 5.41) is 15.3. The van der Waals surface area contributed by atoms with Gasteiger partial charge in [-0.3, -0.25) is 4.79 Å². The third-order valence-electron chi connectivity index (χ3n) is 7.10. The first-order chi connectivity index (χ1) is 19.0. The van der Waals surface area contributed by atoms with Crippen LogP contribution in [0.25, 0.3) is 11.1 Å². The fraction of sp³-hybridized carbons (Fsp3) is 0.500. The van der Waals surface area contributed by atoms with Crippen molar-refractivity contribution >= 4 is 17.0 Å². The number of oxazole rings is 1. The summed E-state index contributed by atoms with van der Waals surface area (Å²) in [6.45, 7) is 5.66. The van der Waals surface area contributed by atoms with E-state index in [1.165, 1.54) is 0 Å². The lowest BCUT2D eigenvalue weighted by molar-refractivity contribution is -0.592. The number of fused-ring (bicyclic) bond motifs is 1. The number of aromatic nitrogens is 1. The molecule has 1 N–H and O–H groups in total. The highest BCUT2D eigenvalue weighted by molar-refractivity contribution is 5.76. The first-order valence-electron chi connectivity index (χ1n) is 13.2. The van der Waals surface area contributed by atoms with Crippen LogP contribution in [0.3, 0.4) is 0 Å². The molecule has 1 aliphatic rings. The number of rotatable bonds is 13. The zero-order valence-corrected chi connectivity index (χ0v) is 23.2. The van der Waals surface area contributed by atoms with Crippen molar-refractivity contribution in [2.75, 3.05) is 74.3 Å². The molecule has 0 spiro atoms. The highest BCUT2D eigenvalue weighted by Gasteiger charge is 2.21. The molecule has 11 nitrogen and oxygen atoms in total. The van der Waals surface area contributed by atoms with Crippen LogP contribution < -0.4 is 29.0 Å². The van der Waals surface area contributed by atoms with Crippen molar-refractivity contribution in [3.63, 3.8) is 0 Å². The topological polar surface area (TPSA) is 113 Å². The van der Waals surface area contributed by atoms with E-state index in [0.29, 0.717) is 60.0 Å². The van der Waals surface area contributed by atoms with Crippen molar-refractivity contribution in [2.24, 2.45) is 0 Å². The second kappa shape index (κ2) is 13.4. The van der Waals surface area contributed by atoms with Crippen molar-refractivity contribution in [3.8, 4) is 23.0 Å². The molecule has 4 rings (SSSR count). The summed E-state index contributed by atoms with van der Waals surface area (Å²) in [7, 11) is 6.43. The molecule has 0 bridgehead atoms. The summed E-state index contributed by atoms with van der Waals surface area (Å²) >= 11 is 0. The van der Waals surface area contributed by atoms with Crippen molar-refractivity contribution < 1.29 is 32.9 Å². The van der Waals surface area contributed by atoms with Crippen molar-refractivity contribution in [2.45, 2.75) is 19.3 Å². The molecule has 0 unspecified atom stereocenters. The zero-order valence-electron chi connectivity index (χ0n) is 23.2. The fourth-order valence-electron chi connectivity index (χ4n) is 4.86. The van der Waals surface area contributed by atoms with E-state index in [1.54, 1.807) is 46.6 Å². The Morgan fingerprint density at radius 2 is 1.64 bits per heavy atom. The Hall–Kier alpha value is -3.70. The number of carbonyl (C=O) groups excluding carboxylic acids is 1. The van der Waals surface area contributed by atoms with Gasteiger partial charge >= 0.3 is 5.89 Å². The molecule has 39 heavy (non-hydrogen) atoms. The van der Waals surface area contributed by atoms with E-state index in [-0.39, 0.29) is 11.8 Å². The number of piperazine rings is 1. The first-order valence-corrected chi connectivity index (χ1v) is 13.2. The zero-order chi connectivity index (χ0) is 27.8. The van der Waals surface area contributed by atoms with Crippen LogP contribution in [0.1, 0.15) is 17.9 Å². The van der Waals surface area contributed by atoms with Crippen LogP contribution in [0.2, 0.25) is 0 Å². The van der Waals surface area contributed by atoms with Gasteiger partial charge in [0.25, 0.3) is 5.52 Å². The summed E-state index contributed by atoms with van der Waals surface area (Å²) in [6.07, 6.45) is 1.57. The SMILES string of the molecule is COc1ccc2c(c1)oc(CCNC(=O)CCN1CCN(CCc3ccc(OC)c(OC)c3OC)CC1)[n+]2[O-]. The van der Waals surface area contributed by atoms with Gasteiger partial charge in [0.1, 0.15) is 5.75 Å². The van der Waals surface area contributed by atoms with Crippen LogP contribution in [-0.4, -0.2) is 90.0 Å². The van der Waals surface area contributed by atoms with E-state index < -0.39 is 0 Å². The predicted octanol–water partition coefficient (Wildman–Crippen LogP) is 2.01. The largest absolute Gasteiger partial charge is 0.616 e. The normalized spacial score (nSPS) is 14.4. The average Bonchev–Trinajstić information content (AvgIpc) is 3.28. The lowest BCUT2D eigenvalue weighted by atomic mass is 10.1. The Balaban J connectivity index is 1.16. The molecule has 2 heterocycles. The molecule has 212 valence electrons. The predicted molar refractivity (Wildman–Crippen MR) is 146 cm³/mol. The molecule has 1 amide bonds. The molecule has 0 atom stereocenters. The van der Waals surface area contributed by atoms with Gasteiger partial charge in [0.2, 0.25) is 17.2 Å². The standard InChI is InChI=1S/C28H38N4O7/c1-35-21-6-7-22-24(19-21)39-26(32(22)34)9-12-29-25(33)11-14-31-17-15-30(16-18-31)13-10-20-5-8-23(36-2)28(38-4)27(20)37-3/h5-8,19H,9-18H2,1-4H3,(H,29,33). The number of benzene rings is 2. The molecule has 1 aromatic heterocycles. The summed E-state index contributed by atoms with van der Waals surface area (Å²) in [5.74, 6) is 2.84. The minimum Gasteiger partial charge on any atom is -0.616 e. The summed E-state index contributed by atoms with van der Waals surface area (Å²) in [6, 6.07) is 8.99. The van der Waals surface area contributed by atoms with E-state index in [0.717, 1.165) is 49.4 Å². The quantitative estimate of drug-likeness (QED) is 0.256. The number of hydrogen-bond donors (Lipinski definition) is 1. The Morgan fingerprint density at radius 1 is 0.923 bits per heavy atom. The van der Waals surface area contributed by atoms with E-state index in [1.807, 2.05) is 12.1 Å². The maximum Gasteiger partial charge on any atom is 0.361 e. The molecular weight excluding hydrogens is 504 g/mol.